The summed E-state index contributed by atoms with van der Waals surface area (Å²) in [6.45, 7) is 8.60. The summed E-state index contributed by atoms with van der Waals surface area (Å²) in [5.74, 6) is -0.476. The van der Waals surface area contributed by atoms with Gasteiger partial charge in [-0.15, -0.1) is 0 Å². The van der Waals surface area contributed by atoms with Gasteiger partial charge in [0.05, 0.1) is 11.9 Å². The zero-order valence-electron chi connectivity index (χ0n) is 15.8. The Hall–Kier alpha value is -2.30. The summed E-state index contributed by atoms with van der Waals surface area (Å²) in [4.78, 5) is 7.87. The Morgan fingerprint density at radius 3 is 2.74 bits per heavy atom. The van der Waals surface area contributed by atoms with Crippen molar-refractivity contribution in [2.24, 2.45) is 23.7 Å². The first kappa shape index (κ1) is 18.1. The molecule has 5 atom stereocenters. The first-order valence-electron chi connectivity index (χ1n) is 9.70. The summed E-state index contributed by atoms with van der Waals surface area (Å²) in [6, 6.07) is 5.62. The number of aryl methyl sites for hydroxylation is 1. The third kappa shape index (κ3) is 3.13. The molecule has 2 saturated carbocycles. The number of anilines is 1. The van der Waals surface area contributed by atoms with E-state index in [2.05, 4.69) is 35.7 Å². The highest BCUT2D eigenvalue weighted by Crippen LogP contribution is 2.61. The Morgan fingerprint density at radius 1 is 1.22 bits per heavy atom. The van der Waals surface area contributed by atoms with Crippen molar-refractivity contribution in [3.63, 3.8) is 0 Å². The second kappa shape index (κ2) is 7.02. The molecule has 142 valence electrons. The van der Waals surface area contributed by atoms with E-state index in [1.54, 1.807) is 6.07 Å². The predicted octanol–water partition coefficient (Wildman–Crippen LogP) is 5.32. The number of allylic oxidation sites excluding steroid dienone is 1. The molecule has 0 aromatic carbocycles. The summed E-state index contributed by atoms with van der Waals surface area (Å²) >= 11 is 0. The number of rotatable bonds is 5. The number of hydrogen-bond acceptors (Lipinski definition) is 3. The second-order valence-corrected chi connectivity index (χ2v) is 7.97. The average Bonchev–Trinajstić information content (AvgIpc) is 3.21. The lowest BCUT2D eigenvalue weighted by molar-refractivity contribution is 0.249. The summed E-state index contributed by atoms with van der Waals surface area (Å²) in [5.41, 5.74) is 3.22. The van der Waals surface area contributed by atoms with Crippen LogP contribution in [0.2, 0.25) is 0 Å². The molecule has 2 bridgehead atoms. The summed E-state index contributed by atoms with van der Waals surface area (Å²) in [5, 5.41) is 3.39. The molecule has 2 aromatic heterocycles. The molecule has 1 N–H and O–H groups in total. The van der Waals surface area contributed by atoms with Crippen molar-refractivity contribution in [2.45, 2.75) is 39.0 Å². The molecular weight excluding hydrogens is 344 g/mol. The van der Waals surface area contributed by atoms with Gasteiger partial charge in [0.1, 0.15) is 0 Å². The van der Waals surface area contributed by atoms with Crippen LogP contribution in [0.15, 0.2) is 42.9 Å². The minimum atomic E-state index is -1.01. The maximum atomic E-state index is 14.5. The number of nitrogens with zero attached hydrogens (tertiary/aromatic N) is 2. The van der Waals surface area contributed by atoms with Crippen molar-refractivity contribution >= 4 is 5.69 Å². The maximum absolute atomic E-state index is 14.5. The largest absolute Gasteiger partial charge is 0.358 e. The Bertz CT molecular complexity index is 849. The molecule has 0 amide bonds. The van der Waals surface area contributed by atoms with Gasteiger partial charge in [0.15, 0.2) is 5.82 Å². The molecular formula is C22H25F2N3. The van der Waals surface area contributed by atoms with E-state index < -0.39 is 11.8 Å². The van der Waals surface area contributed by atoms with Crippen LogP contribution in [-0.4, -0.2) is 9.97 Å². The molecule has 4 rings (SSSR count). The minimum absolute atomic E-state index is 0.0634. The number of hydrogen-bond donors (Lipinski definition) is 1. The quantitative estimate of drug-likeness (QED) is 0.725. The fraction of sp³-hybridized carbons (Fsp3) is 0.455. The van der Waals surface area contributed by atoms with Crippen molar-refractivity contribution in [3.8, 4) is 0 Å². The van der Waals surface area contributed by atoms with E-state index in [1.165, 1.54) is 6.20 Å². The van der Waals surface area contributed by atoms with E-state index in [0.29, 0.717) is 23.3 Å². The van der Waals surface area contributed by atoms with E-state index in [9.17, 15) is 8.78 Å². The topological polar surface area (TPSA) is 37.8 Å². The minimum Gasteiger partial charge on any atom is -0.358 e. The number of halogens is 2. The average molecular weight is 369 g/mol. The fourth-order valence-electron chi connectivity index (χ4n) is 5.27. The molecule has 27 heavy (non-hydrogen) atoms. The molecule has 5 heteroatoms. The van der Waals surface area contributed by atoms with Gasteiger partial charge >= 0.3 is 0 Å². The third-order valence-corrected chi connectivity index (χ3v) is 6.47. The van der Waals surface area contributed by atoms with Crippen LogP contribution in [-0.2, 0) is 6.42 Å². The van der Waals surface area contributed by atoms with Crippen molar-refractivity contribution in [3.05, 3.63) is 65.9 Å². The van der Waals surface area contributed by atoms with Gasteiger partial charge in [0.25, 0.3) is 0 Å². The molecule has 2 aliphatic carbocycles. The van der Waals surface area contributed by atoms with Gasteiger partial charge in [-0.3, -0.25) is 4.98 Å². The van der Waals surface area contributed by atoms with Crippen LogP contribution < -0.4 is 5.32 Å². The number of nitrogens with one attached hydrogen (secondary N) is 1. The zero-order chi connectivity index (χ0) is 19.1. The molecule has 5 unspecified atom stereocenters. The summed E-state index contributed by atoms with van der Waals surface area (Å²) in [7, 11) is 0. The molecule has 2 aliphatic rings. The van der Waals surface area contributed by atoms with Gasteiger partial charge in [-0.05, 0) is 66.7 Å². The molecule has 2 aromatic rings. The molecule has 3 nitrogen and oxygen atoms in total. The highest BCUT2D eigenvalue weighted by molar-refractivity contribution is 5.48. The Kier molecular flexibility index (Phi) is 4.70. The second-order valence-electron chi connectivity index (χ2n) is 7.97. The van der Waals surface area contributed by atoms with Gasteiger partial charge in [-0.2, -0.15) is 4.39 Å². The van der Waals surface area contributed by atoms with Crippen molar-refractivity contribution < 1.29 is 8.78 Å². The van der Waals surface area contributed by atoms with E-state index in [-0.39, 0.29) is 11.8 Å². The Morgan fingerprint density at radius 2 is 2.04 bits per heavy atom. The predicted molar refractivity (Wildman–Crippen MR) is 102 cm³/mol. The molecule has 0 spiro atoms. The number of fused-ring (bicyclic) bond motifs is 2. The maximum Gasteiger partial charge on any atom is 0.249 e. The van der Waals surface area contributed by atoms with Crippen LogP contribution in [0.4, 0.5) is 14.5 Å². The van der Waals surface area contributed by atoms with Crippen LogP contribution in [0.1, 0.15) is 43.9 Å². The molecule has 0 radical (unpaired) electrons. The van der Waals surface area contributed by atoms with Crippen molar-refractivity contribution in [1.82, 2.24) is 9.97 Å². The third-order valence-electron chi connectivity index (χ3n) is 6.47. The number of aromatic nitrogens is 2. The van der Waals surface area contributed by atoms with Gasteiger partial charge in [0.2, 0.25) is 5.95 Å². The summed E-state index contributed by atoms with van der Waals surface area (Å²) in [6.07, 6.45) is 6.15. The van der Waals surface area contributed by atoms with E-state index >= 15 is 0 Å². The van der Waals surface area contributed by atoms with Crippen molar-refractivity contribution in [1.29, 1.82) is 0 Å². The smallest absolute Gasteiger partial charge is 0.249 e. The number of pyridine rings is 2. The highest BCUT2D eigenvalue weighted by atomic mass is 19.2. The van der Waals surface area contributed by atoms with E-state index in [0.717, 1.165) is 36.3 Å². The first-order chi connectivity index (χ1) is 13.0. The molecule has 2 heterocycles. The lowest BCUT2D eigenvalue weighted by atomic mass is 9.70. The van der Waals surface area contributed by atoms with Crippen LogP contribution in [0.3, 0.4) is 0 Å². The molecule has 0 saturated heterocycles. The van der Waals surface area contributed by atoms with E-state index in [1.807, 2.05) is 18.3 Å². The van der Waals surface area contributed by atoms with Gasteiger partial charge in [0, 0.05) is 23.5 Å². The Labute approximate surface area is 158 Å². The lowest BCUT2D eigenvalue weighted by Crippen LogP contribution is -2.30. The van der Waals surface area contributed by atoms with Crippen molar-refractivity contribution in [2.75, 3.05) is 5.32 Å². The summed E-state index contributed by atoms with van der Waals surface area (Å²) < 4.78 is 28.3. The van der Waals surface area contributed by atoms with E-state index in [4.69, 9.17) is 0 Å². The Balaban J connectivity index is 1.63. The monoisotopic (exact) mass is 369 g/mol. The SMILES string of the molecule is C=C(Nc1ccc(CC)nc1)C1C2CC(CC2C)C1c1ccnc(F)c1F. The standard InChI is InChI=1S/C22H25F2N3/c1-4-15-5-6-16(11-26-15)27-13(3)19-18-10-14(9-12(18)2)20(19)17-7-8-25-22(24)21(17)23/h5-8,11-12,14,18-20,27H,3-4,9-10H2,1-2H3. The molecule has 2 fully saturated rings. The zero-order valence-corrected chi connectivity index (χ0v) is 15.8. The highest BCUT2D eigenvalue weighted by Gasteiger charge is 2.53. The first-order valence-corrected chi connectivity index (χ1v) is 9.70. The van der Waals surface area contributed by atoms with Crippen LogP contribution in [0, 0.1) is 35.4 Å². The van der Waals surface area contributed by atoms with Gasteiger partial charge in [-0.1, -0.05) is 20.4 Å². The van der Waals surface area contributed by atoms with Gasteiger partial charge < -0.3 is 5.32 Å². The van der Waals surface area contributed by atoms with Crippen LogP contribution in [0.5, 0.6) is 0 Å². The normalized spacial score (nSPS) is 29.1. The van der Waals surface area contributed by atoms with Gasteiger partial charge in [-0.25, -0.2) is 9.37 Å². The van der Waals surface area contributed by atoms with Crippen LogP contribution in [0.25, 0.3) is 0 Å². The van der Waals surface area contributed by atoms with Crippen LogP contribution >= 0.6 is 0 Å². The lowest BCUT2D eigenvalue weighted by Gasteiger charge is -2.36. The molecule has 0 aliphatic heterocycles. The fourth-order valence-corrected chi connectivity index (χ4v) is 5.27.